The summed E-state index contributed by atoms with van der Waals surface area (Å²) >= 11 is 0. The van der Waals surface area contributed by atoms with Gasteiger partial charge >= 0.3 is 5.97 Å². The van der Waals surface area contributed by atoms with Gasteiger partial charge in [-0.2, -0.15) is 0 Å². The minimum absolute atomic E-state index is 0.124. The Labute approximate surface area is 144 Å². The summed E-state index contributed by atoms with van der Waals surface area (Å²) in [6, 6.07) is 0. The van der Waals surface area contributed by atoms with Crippen molar-refractivity contribution in [1.29, 1.82) is 0 Å². The maximum atomic E-state index is 10.3. The van der Waals surface area contributed by atoms with Gasteiger partial charge < -0.3 is 9.84 Å². The Morgan fingerprint density at radius 3 is 1.43 bits per heavy atom. The summed E-state index contributed by atoms with van der Waals surface area (Å²) in [4.78, 5) is 10.3. The molecule has 0 radical (unpaired) electrons. The number of aliphatic carboxylic acids is 1. The molecule has 1 N–H and O–H groups in total. The predicted octanol–water partition coefficient (Wildman–Crippen LogP) is 6.35. The largest absolute Gasteiger partial charge is 0.481 e. The van der Waals surface area contributed by atoms with E-state index in [-0.39, 0.29) is 6.42 Å². The molecular formula is C20H40O3. The van der Waals surface area contributed by atoms with E-state index in [0.717, 1.165) is 6.42 Å². The van der Waals surface area contributed by atoms with Gasteiger partial charge in [0.15, 0.2) is 0 Å². The van der Waals surface area contributed by atoms with Gasteiger partial charge in [0.25, 0.3) is 0 Å². The number of carbonyl (C=O) groups is 1. The lowest BCUT2D eigenvalue weighted by atomic mass is 10.0. The molecule has 0 spiro atoms. The molecule has 0 aliphatic carbocycles. The van der Waals surface area contributed by atoms with Crippen molar-refractivity contribution in [3.8, 4) is 0 Å². The second-order valence-corrected chi connectivity index (χ2v) is 6.71. The fourth-order valence-corrected chi connectivity index (χ4v) is 2.84. The molecule has 0 aromatic carbocycles. The summed E-state index contributed by atoms with van der Waals surface area (Å²) in [5, 5.41) is 8.47. The lowest BCUT2D eigenvalue weighted by Gasteiger charge is -2.04. The molecule has 3 heteroatoms. The van der Waals surface area contributed by atoms with Crippen LogP contribution in [0.1, 0.15) is 110 Å². The number of hydrogen-bond acceptors (Lipinski definition) is 2. The third-order valence-corrected chi connectivity index (χ3v) is 4.35. The Morgan fingerprint density at radius 2 is 1.04 bits per heavy atom. The van der Waals surface area contributed by atoms with Crippen LogP contribution in [-0.2, 0) is 9.53 Å². The molecule has 3 nitrogen and oxygen atoms in total. The Hall–Kier alpha value is -0.570. The van der Waals surface area contributed by atoms with Crippen molar-refractivity contribution in [3.63, 3.8) is 0 Å². The summed E-state index contributed by atoms with van der Waals surface area (Å²) in [5.41, 5.74) is 0. The highest BCUT2D eigenvalue weighted by molar-refractivity contribution is 5.66. The highest BCUT2D eigenvalue weighted by Crippen LogP contribution is 2.13. The van der Waals surface area contributed by atoms with Crippen molar-refractivity contribution in [3.05, 3.63) is 0 Å². The second-order valence-electron chi connectivity index (χ2n) is 6.71. The van der Waals surface area contributed by atoms with Crippen LogP contribution >= 0.6 is 0 Å². The molecule has 0 heterocycles. The highest BCUT2D eigenvalue weighted by atomic mass is 16.5. The molecule has 0 aromatic heterocycles. The third-order valence-electron chi connectivity index (χ3n) is 4.35. The molecule has 0 atom stereocenters. The van der Waals surface area contributed by atoms with Gasteiger partial charge in [0.05, 0.1) is 13.0 Å². The highest BCUT2D eigenvalue weighted by Gasteiger charge is 1.97. The molecule has 0 aromatic rings. The lowest BCUT2D eigenvalue weighted by Crippen LogP contribution is -2.03. The van der Waals surface area contributed by atoms with E-state index in [1.165, 1.54) is 89.9 Å². The molecule has 0 unspecified atom stereocenters. The van der Waals surface area contributed by atoms with Crippen molar-refractivity contribution in [2.45, 2.75) is 110 Å². The zero-order chi connectivity index (χ0) is 17.0. The minimum atomic E-state index is -0.776. The summed E-state index contributed by atoms with van der Waals surface area (Å²) < 4.78 is 5.28. The first-order valence-corrected chi connectivity index (χ1v) is 10.1. The monoisotopic (exact) mass is 328 g/mol. The normalized spacial score (nSPS) is 11.0. The van der Waals surface area contributed by atoms with E-state index in [2.05, 4.69) is 6.92 Å². The van der Waals surface area contributed by atoms with Gasteiger partial charge in [0, 0.05) is 6.61 Å². The molecule has 0 aliphatic rings. The van der Waals surface area contributed by atoms with Gasteiger partial charge in [-0.05, 0) is 6.42 Å². The van der Waals surface area contributed by atoms with Gasteiger partial charge in [-0.15, -0.1) is 0 Å². The first kappa shape index (κ1) is 22.4. The minimum Gasteiger partial charge on any atom is -0.481 e. The first-order chi connectivity index (χ1) is 11.3. The van der Waals surface area contributed by atoms with Crippen LogP contribution in [0.2, 0.25) is 0 Å². The van der Waals surface area contributed by atoms with E-state index in [1.54, 1.807) is 0 Å². The molecule has 0 bridgehead atoms. The summed E-state index contributed by atoms with van der Waals surface area (Å²) in [6.07, 6.45) is 20.6. The topological polar surface area (TPSA) is 46.5 Å². The van der Waals surface area contributed by atoms with E-state index >= 15 is 0 Å². The fourth-order valence-electron chi connectivity index (χ4n) is 2.84. The lowest BCUT2D eigenvalue weighted by molar-refractivity contribution is -0.138. The third kappa shape index (κ3) is 21.4. The zero-order valence-electron chi connectivity index (χ0n) is 15.5. The van der Waals surface area contributed by atoms with E-state index < -0.39 is 5.97 Å². The summed E-state index contributed by atoms with van der Waals surface area (Å²) in [5.74, 6) is -0.776. The van der Waals surface area contributed by atoms with Crippen molar-refractivity contribution in [2.24, 2.45) is 0 Å². The number of unbranched alkanes of at least 4 members (excludes halogenated alkanes) is 14. The number of carboxylic acids is 1. The summed E-state index contributed by atoms with van der Waals surface area (Å²) in [7, 11) is 0. The van der Waals surface area contributed by atoms with Crippen molar-refractivity contribution < 1.29 is 14.6 Å². The van der Waals surface area contributed by atoms with Gasteiger partial charge in [-0.25, -0.2) is 0 Å². The van der Waals surface area contributed by atoms with Crippen LogP contribution in [0.15, 0.2) is 0 Å². The molecule has 138 valence electrons. The van der Waals surface area contributed by atoms with E-state index in [0.29, 0.717) is 13.2 Å². The SMILES string of the molecule is CCCCCCCCCCCCCCCCCOCCC(=O)O. The van der Waals surface area contributed by atoms with Gasteiger partial charge in [-0.3, -0.25) is 4.79 Å². The van der Waals surface area contributed by atoms with Gasteiger partial charge in [-0.1, -0.05) is 96.8 Å². The number of hydrogen-bond donors (Lipinski definition) is 1. The number of ether oxygens (including phenoxy) is 1. The van der Waals surface area contributed by atoms with Crippen LogP contribution in [0.5, 0.6) is 0 Å². The average molecular weight is 329 g/mol. The average Bonchev–Trinajstić information content (AvgIpc) is 2.53. The molecular weight excluding hydrogens is 288 g/mol. The first-order valence-electron chi connectivity index (χ1n) is 10.1. The molecule has 0 aliphatic heterocycles. The molecule has 0 saturated carbocycles. The zero-order valence-corrected chi connectivity index (χ0v) is 15.5. The molecule has 0 saturated heterocycles. The Morgan fingerprint density at radius 1 is 0.652 bits per heavy atom. The van der Waals surface area contributed by atoms with E-state index in [4.69, 9.17) is 9.84 Å². The maximum absolute atomic E-state index is 10.3. The smallest absolute Gasteiger partial charge is 0.305 e. The van der Waals surface area contributed by atoms with Crippen LogP contribution in [0.4, 0.5) is 0 Å². The Bertz CT molecular complexity index is 241. The van der Waals surface area contributed by atoms with Crippen molar-refractivity contribution in [1.82, 2.24) is 0 Å². The van der Waals surface area contributed by atoms with E-state index in [1.807, 2.05) is 0 Å². The van der Waals surface area contributed by atoms with E-state index in [9.17, 15) is 4.79 Å². The predicted molar refractivity (Wildman–Crippen MR) is 98.0 cm³/mol. The van der Waals surface area contributed by atoms with Crippen molar-refractivity contribution in [2.75, 3.05) is 13.2 Å². The van der Waals surface area contributed by atoms with Crippen LogP contribution in [0, 0.1) is 0 Å². The fraction of sp³-hybridized carbons (Fsp3) is 0.950. The molecule has 0 amide bonds. The van der Waals surface area contributed by atoms with Crippen molar-refractivity contribution >= 4 is 5.97 Å². The second kappa shape index (κ2) is 19.5. The van der Waals surface area contributed by atoms with Crippen LogP contribution in [0.25, 0.3) is 0 Å². The van der Waals surface area contributed by atoms with Gasteiger partial charge in [0.1, 0.15) is 0 Å². The summed E-state index contributed by atoms with van der Waals surface area (Å²) in [6.45, 7) is 3.34. The quantitative estimate of drug-likeness (QED) is 0.281. The Balaban J connectivity index is 2.96. The van der Waals surface area contributed by atoms with Crippen LogP contribution in [0.3, 0.4) is 0 Å². The standard InChI is InChI=1S/C20H40O3/c1-2-3-4-5-6-7-8-9-10-11-12-13-14-15-16-18-23-19-17-20(21)22/h2-19H2,1H3,(H,21,22). The maximum Gasteiger partial charge on any atom is 0.305 e. The Kier molecular flexibility index (Phi) is 19.0. The van der Waals surface area contributed by atoms with Gasteiger partial charge in [0.2, 0.25) is 0 Å². The number of rotatable bonds is 19. The van der Waals surface area contributed by atoms with Crippen LogP contribution in [-0.4, -0.2) is 24.3 Å². The molecule has 23 heavy (non-hydrogen) atoms. The number of carboxylic acid groups (broad SMARTS) is 1. The molecule has 0 rings (SSSR count). The van der Waals surface area contributed by atoms with Crippen LogP contribution < -0.4 is 0 Å². The molecule has 0 fully saturated rings.